The lowest BCUT2D eigenvalue weighted by molar-refractivity contribution is -0.209. The van der Waals surface area contributed by atoms with Crippen molar-refractivity contribution in [2.24, 2.45) is 0 Å². The van der Waals surface area contributed by atoms with Gasteiger partial charge in [-0.2, -0.15) is 13.2 Å². The van der Waals surface area contributed by atoms with Crippen LogP contribution < -0.4 is 5.32 Å². The molecule has 0 fully saturated rings. The fourth-order valence-corrected chi connectivity index (χ4v) is 3.31. The van der Waals surface area contributed by atoms with Crippen LogP contribution in [0.25, 0.3) is 0 Å². The zero-order chi connectivity index (χ0) is 20.8. The summed E-state index contributed by atoms with van der Waals surface area (Å²) in [5, 5.41) is 21.8. The van der Waals surface area contributed by atoms with Crippen molar-refractivity contribution < 1.29 is 28.2 Å². The second-order valence-electron chi connectivity index (χ2n) is 6.75. The first kappa shape index (κ1) is 22.1. The fraction of sp³-hybridized carbons (Fsp3) is 0.381. The predicted molar refractivity (Wildman–Crippen MR) is 99.7 cm³/mol. The number of hydrogen-bond donors (Lipinski definition) is 3. The van der Waals surface area contributed by atoms with Crippen LogP contribution in [0, 0.1) is 0 Å². The maximum atomic E-state index is 14.3. The van der Waals surface area contributed by atoms with Crippen LogP contribution in [0.3, 0.4) is 0 Å². The number of aliphatic hydroxyl groups excluding tert-OH is 2. The normalized spacial score (nSPS) is 15.1. The molecule has 0 aromatic heterocycles. The van der Waals surface area contributed by atoms with Gasteiger partial charge in [0.15, 0.2) is 0 Å². The summed E-state index contributed by atoms with van der Waals surface area (Å²) in [6, 6.07) is 13.0. The van der Waals surface area contributed by atoms with Gasteiger partial charge in [-0.15, -0.1) is 0 Å². The molecule has 0 saturated carbocycles. The van der Waals surface area contributed by atoms with E-state index in [-0.39, 0.29) is 17.8 Å². The van der Waals surface area contributed by atoms with E-state index in [2.05, 4.69) is 5.32 Å². The molecule has 2 aromatic carbocycles. The molecule has 0 amide bonds. The van der Waals surface area contributed by atoms with Gasteiger partial charge in [0.1, 0.15) is 11.3 Å². The Morgan fingerprint density at radius 1 is 1.07 bits per heavy atom. The minimum Gasteiger partial charge on any atom is -0.396 e. The lowest BCUT2D eigenvalue weighted by atomic mass is 9.83. The Bertz CT molecular complexity index is 780. The van der Waals surface area contributed by atoms with E-state index in [1.165, 1.54) is 25.1 Å². The van der Waals surface area contributed by atoms with E-state index in [4.69, 9.17) is 0 Å². The molecule has 0 aliphatic rings. The lowest BCUT2D eigenvalue weighted by Crippen LogP contribution is -2.56. The van der Waals surface area contributed by atoms with E-state index in [9.17, 15) is 28.2 Å². The van der Waals surface area contributed by atoms with Crippen LogP contribution in [0.2, 0.25) is 0 Å². The van der Waals surface area contributed by atoms with Gasteiger partial charge in [0.05, 0.1) is 12.6 Å². The third-order valence-electron chi connectivity index (χ3n) is 4.65. The molecular formula is C21H24F3NO3. The van der Waals surface area contributed by atoms with Crippen LogP contribution in [0.5, 0.6) is 0 Å². The fourth-order valence-electron chi connectivity index (χ4n) is 3.31. The number of Topliss-reactive ketones (excluding diaryl/α,β-unsaturated/α-hetero) is 1. The van der Waals surface area contributed by atoms with Crippen LogP contribution in [0.1, 0.15) is 36.1 Å². The van der Waals surface area contributed by atoms with Crippen molar-refractivity contribution in [2.45, 2.75) is 37.5 Å². The highest BCUT2D eigenvalue weighted by Crippen LogP contribution is 2.43. The van der Waals surface area contributed by atoms with Crippen molar-refractivity contribution in [2.75, 3.05) is 13.2 Å². The lowest BCUT2D eigenvalue weighted by Gasteiger charge is -2.40. The molecule has 4 nitrogen and oxygen atoms in total. The van der Waals surface area contributed by atoms with Gasteiger partial charge in [0.25, 0.3) is 0 Å². The summed E-state index contributed by atoms with van der Waals surface area (Å²) in [5.74, 6) is -0.164. The van der Waals surface area contributed by atoms with Crippen LogP contribution in [-0.4, -0.2) is 35.4 Å². The average Bonchev–Trinajstić information content (AvgIpc) is 2.64. The van der Waals surface area contributed by atoms with Gasteiger partial charge in [0.2, 0.25) is 0 Å². The van der Waals surface area contributed by atoms with Crippen LogP contribution in [-0.2, 0) is 16.8 Å². The number of carbonyl (C=O) groups excluding carboxylic acids is 1. The molecule has 152 valence electrons. The molecule has 2 aromatic rings. The maximum Gasteiger partial charge on any atom is 0.410 e. The number of ketones is 1. The molecule has 0 bridgehead atoms. The van der Waals surface area contributed by atoms with Crippen molar-refractivity contribution in [1.29, 1.82) is 0 Å². The Morgan fingerprint density at radius 3 is 2.29 bits per heavy atom. The number of alkyl halides is 3. The van der Waals surface area contributed by atoms with Crippen molar-refractivity contribution in [3.8, 4) is 0 Å². The molecule has 0 heterocycles. The molecule has 0 aliphatic heterocycles. The number of hydrogen-bond acceptors (Lipinski definition) is 4. The summed E-state index contributed by atoms with van der Waals surface area (Å²) >= 11 is 0. The summed E-state index contributed by atoms with van der Waals surface area (Å²) in [7, 11) is 0. The minimum atomic E-state index is -4.76. The Hall–Kier alpha value is -2.22. The Labute approximate surface area is 162 Å². The standard InChI is InChI=1S/C21H24F3NO3/c1-15(28)12-16-6-5-9-18(13-16)20(10-11-26,21(22,23)24)25-19(14-27)17-7-3-2-4-8-17/h2-9,13,19,25-27H,10-12,14H2,1H3. The van der Waals surface area contributed by atoms with Gasteiger partial charge in [-0.1, -0.05) is 54.6 Å². The molecule has 28 heavy (non-hydrogen) atoms. The maximum absolute atomic E-state index is 14.3. The quantitative estimate of drug-likeness (QED) is 0.610. The molecule has 0 spiro atoms. The molecule has 0 aliphatic carbocycles. The third-order valence-corrected chi connectivity index (χ3v) is 4.65. The van der Waals surface area contributed by atoms with E-state index in [1.807, 2.05) is 0 Å². The summed E-state index contributed by atoms with van der Waals surface area (Å²) in [4.78, 5) is 11.4. The van der Waals surface area contributed by atoms with Crippen LogP contribution >= 0.6 is 0 Å². The van der Waals surface area contributed by atoms with Crippen molar-refractivity contribution >= 4 is 5.78 Å². The number of nitrogens with one attached hydrogen (secondary N) is 1. The van der Waals surface area contributed by atoms with Gasteiger partial charge in [0, 0.05) is 19.4 Å². The molecular weight excluding hydrogens is 371 g/mol. The summed E-state index contributed by atoms with van der Waals surface area (Å²) in [5.41, 5.74) is -1.74. The van der Waals surface area contributed by atoms with Gasteiger partial charge in [-0.25, -0.2) is 0 Å². The summed E-state index contributed by atoms with van der Waals surface area (Å²) in [6.45, 7) is 0.101. The van der Waals surface area contributed by atoms with Crippen molar-refractivity contribution in [1.82, 2.24) is 5.32 Å². The largest absolute Gasteiger partial charge is 0.410 e. The zero-order valence-corrected chi connectivity index (χ0v) is 15.5. The van der Waals surface area contributed by atoms with E-state index in [0.29, 0.717) is 11.1 Å². The predicted octanol–water partition coefficient (Wildman–Crippen LogP) is 3.28. The van der Waals surface area contributed by atoms with Gasteiger partial charge >= 0.3 is 6.18 Å². The van der Waals surface area contributed by atoms with E-state index in [1.54, 1.807) is 36.4 Å². The Balaban J connectivity index is 2.55. The van der Waals surface area contributed by atoms with Gasteiger partial charge in [-0.05, 0) is 23.6 Å². The highest BCUT2D eigenvalue weighted by Gasteiger charge is 2.56. The van der Waals surface area contributed by atoms with Gasteiger partial charge in [-0.3, -0.25) is 10.1 Å². The topological polar surface area (TPSA) is 69.6 Å². The van der Waals surface area contributed by atoms with Crippen LogP contribution in [0.4, 0.5) is 13.2 Å². The van der Waals surface area contributed by atoms with Crippen molar-refractivity contribution in [3.63, 3.8) is 0 Å². The number of halogens is 3. The first-order valence-corrected chi connectivity index (χ1v) is 8.93. The SMILES string of the molecule is CC(=O)Cc1cccc(C(CCO)(NC(CO)c2ccccc2)C(F)(F)F)c1. The average molecular weight is 395 g/mol. The second kappa shape index (κ2) is 9.32. The number of aliphatic hydroxyl groups is 2. The van der Waals surface area contributed by atoms with E-state index >= 15 is 0 Å². The monoisotopic (exact) mass is 395 g/mol. The highest BCUT2D eigenvalue weighted by atomic mass is 19.4. The third kappa shape index (κ3) is 4.98. The van der Waals surface area contributed by atoms with Crippen LogP contribution in [0.15, 0.2) is 54.6 Å². The Kier molecular flexibility index (Phi) is 7.35. The second-order valence-corrected chi connectivity index (χ2v) is 6.75. The molecule has 3 N–H and O–H groups in total. The molecule has 0 radical (unpaired) electrons. The zero-order valence-electron chi connectivity index (χ0n) is 15.5. The van der Waals surface area contributed by atoms with Gasteiger partial charge < -0.3 is 10.2 Å². The number of rotatable bonds is 9. The first-order chi connectivity index (χ1) is 13.2. The molecule has 0 saturated heterocycles. The summed E-state index contributed by atoms with van der Waals surface area (Å²) in [6.07, 6.45) is -5.38. The highest BCUT2D eigenvalue weighted by molar-refractivity contribution is 5.78. The molecule has 7 heteroatoms. The first-order valence-electron chi connectivity index (χ1n) is 8.93. The number of carbonyl (C=O) groups is 1. The van der Waals surface area contributed by atoms with E-state index in [0.717, 1.165) is 0 Å². The molecule has 2 atom stereocenters. The number of benzene rings is 2. The smallest absolute Gasteiger partial charge is 0.396 e. The van der Waals surface area contributed by atoms with Crippen molar-refractivity contribution in [3.05, 3.63) is 71.3 Å². The molecule has 2 rings (SSSR count). The van der Waals surface area contributed by atoms with E-state index < -0.39 is 37.4 Å². The Morgan fingerprint density at radius 2 is 1.75 bits per heavy atom. The molecule has 2 unspecified atom stereocenters. The summed E-state index contributed by atoms with van der Waals surface area (Å²) < 4.78 is 43.0. The minimum absolute atomic E-state index is 0.0169.